The van der Waals surface area contributed by atoms with Crippen LogP contribution >= 0.6 is 0 Å². The van der Waals surface area contributed by atoms with Crippen LogP contribution < -0.4 is 5.73 Å². The summed E-state index contributed by atoms with van der Waals surface area (Å²) in [5.41, 5.74) is 5.00. The second-order valence-corrected chi connectivity index (χ2v) is 2.45. The minimum absolute atomic E-state index is 0.153. The fourth-order valence-corrected chi connectivity index (χ4v) is 0.711. The van der Waals surface area contributed by atoms with Crippen LogP contribution in [0.1, 0.15) is 12.8 Å². The first-order chi connectivity index (χ1) is 4.02. The Bertz CT molecular complexity index is 114. The van der Waals surface area contributed by atoms with Crippen molar-refractivity contribution in [2.75, 3.05) is 6.54 Å². The lowest BCUT2D eigenvalue weighted by atomic mass is 10.1. The van der Waals surface area contributed by atoms with E-state index in [1.54, 1.807) is 0 Å². The van der Waals surface area contributed by atoms with Gasteiger partial charge in [-0.3, -0.25) is 5.73 Å². The van der Waals surface area contributed by atoms with Gasteiger partial charge < -0.3 is 0 Å². The second-order valence-electron chi connectivity index (χ2n) is 2.45. The van der Waals surface area contributed by atoms with Crippen LogP contribution in [0.15, 0.2) is 0 Å². The standard InChI is InChI=1S/C5H7F3N/c6-5(7,8)4(3-9)1-2-4/h9H,1-3H2. The van der Waals surface area contributed by atoms with Gasteiger partial charge in [0.1, 0.15) is 0 Å². The van der Waals surface area contributed by atoms with Gasteiger partial charge in [-0.05, 0) is 12.8 Å². The highest BCUT2D eigenvalue weighted by atomic mass is 19.4. The summed E-state index contributed by atoms with van der Waals surface area (Å²) in [4.78, 5) is 0. The van der Waals surface area contributed by atoms with Crippen LogP contribution in [-0.2, 0) is 0 Å². The highest BCUT2D eigenvalue weighted by molar-refractivity contribution is 4.99. The molecule has 1 radical (unpaired) electrons. The minimum Gasteiger partial charge on any atom is -0.257 e. The molecule has 0 bridgehead atoms. The Kier molecular flexibility index (Phi) is 1.24. The smallest absolute Gasteiger partial charge is 0.257 e. The van der Waals surface area contributed by atoms with Gasteiger partial charge in [0.15, 0.2) is 0 Å². The molecule has 53 valence electrons. The van der Waals surface area contributed by atoms with Crippen LogP contribution in [0.3, 0.4) is 0 Å². The summed E-state index contributed by atoms with van der Waals surface area (Å²) in [6.07, 6.45) is -3.82. The largest absolute Gasteiger partial charge is 0.395 e. The van der Waals surface area contributed by atoms with E-state index in [4.69, 9.17) is 5.73 Å². The Morgan fingerprint density at radius 3 is 1.78 bits per heavy atom. The third kappa shape index (κ3) is 0.913. The summed E-state index contributed by atoms with van der Waals surface area (Å²) >= 11 is 0. The molecule has 1 saturated carbocycles. The topological polar surface area (TPSA) is 23.8 Å². The summed E-state index contributed by atoms with van der Waals surface area (Å²) in [6, 6.07) is 0. The molecule has 0 aromatic rings. The second kappa shape index (κ2) is 1.62. The maximum atomic E-state index is 11.8. The molecule has 1 N–H and O–H groups in total. The molecule has 0 atom stereocenters. The van der Waals surface area contributed by atoms with E-state index in [1.807, 2.05) is 0 Å². The van der Waals surface area contributed by atoms with Crippen LogP contribution in [-0.4, -0.2) is 12.7 Å². The zero-order valence-electron chi connectivity index (χ0n) is 4.76. The molecule has 9 heavy (non-hydrogen) atoms. The van der Waals surface area contributed by atoms with Crippen LogP contribution in [0.2, 0.25) is 0 Å². The molecule has 1 aliphatic rings. The summed E-state index contributed by atoms with van der Waals surface area (Å²) in [5.74, 6) is 0. The summed E-state index contributed by atoms with van der Waals surface area (Å²) < 4.78 is 35.3. The van der Waals surface area contributed by atoms with Gasteiger partial charge in [0.25, 0.3) is 0 Å². The Morgan fingerprint density at radius 2 is 1.78 bits per heavy atom. The van der Waals surface area contributed by atoms with E-state index in [2.05, 4.69) is 0 Å². The van der Waals surface area contributed by atoms with Crippen molar-refractivity contribution in [2.45, 2.75) is 19.0 Å². The van der Waals surface area contributed by atoms with E-state index in [0.29, 0.717) is 0 Å². The zero-order valence-corrected chi connectivity index (χ0v) is 4.76. The number of hydrogen-bond donors (Lipinski definition) is 0. The molecule has 4 heteroatoms. The molecule has 1 fully saturated rings. The van der Waals surface area contributed by atoms with Crippen LogP contribution in [0, 0.1) is 5.41 Å². The van der Waals surface area contributed by atoms with Gasteiger partial charge in [-0.2, -0.15) is 13.2 Å². The van der Waals surface area contributed by atoms with Gasteiger partial charge in [-0.15, -0.1) is 0 Å². The molecule has 0 saturated heterocycles. The molecule has 1 nitrogen and oxygen atoms in total. The molecule has 0 aliphatic heterocycles. The molecule has 0 aromatic carbocycles. The summed E-state index contributed by atoms with van der Waals surface area (Å²) in [7, 11) is 0. The summed E-state index contributed by atoms with van der Waals surface area (Å²) in [5, 5.41) is 0. The van der Waals surface area contributed by atoms with E-state index >= 15 is 0 Å². The first-order valence-corrected chi connectivity index (χ1v) is 2.73. The molecule has 0 amide bonds. The Morgan fingerprint density at radius 1 is 1.33 bits per heavy atom. The summed E-state index contributed by atoms with van der Waals surface area (Å²) in [6.45, 7) is -0.503. The lowest BCUT2D eigenvalue weighted by Gasteiger charge is -2.15. The Hall–Kier alpha value is -0.250. The van der Waals surface area contributed by atoms with Crippen molar-refractivity contribution in [3.8, 4) is 0 Å². The molecule has 0 heterocycles. The highest BCUT2D eigenvalue weighted by Crippen LogP contribution is 2.56. The fraction of sp³-hybridized carbons (Fsp3) is 1.00. The van der Waals surface area contributed by atoms with Crippen molar-refractivity contribution < 1.29 is 13.2 Å². The van der Waals surface area contributed by atoms with Crippen molar-refractivity contribution in [3.05, 3.63) is 0 Å². The first kappa shape index (κ1) is 6.86. The van der Waals surface area contributed by atoms with Gasteiger partial charge in [0.05, 0.1) is 5.41 Å². The van der Waals surface area contributed by atoms with Gasteiger partial charge >= 0.3 is 6.18 Å². The molecule has 0 aromatic heterocycles. The van der Waals surface area contributed by atoms with Gasteiger partial charge in [-0.1, -0.05) is 0 Å². The fourth-order valence-electron chi connectivity index (χ4n) is 0.711. The van der Waals surface area contributed by atoms with Crippen molar-refractivity contribution >= 4 is 0 Å². The molecule has 0 spiro atoms. The normalized spacial score (nSPS) is 24.0. The number of rotatable bonds is 1. The van der Waals surface area contributed by atoms with Gasteiger partial charge in [-0.25, -0.2) is 0 Å². The number of halogens is 3. The Balaban J connectivity index is 2.60. The number of hydrogen-bond acceptors (Lipinski definition) is 0. The SMILES string of the molecule is [NH]CC1(C(F)(F)F)CC1. The lowest BCUT2D eigenvalue weighted by Crippen LogP contribution is -2.28. The van der Waals surface area contributed by atoms with E-state index in [1.165, 1.54) is 0 Å². The minimum atomic E-state index is -4.13. The van der Waals surface area contributed by atoms with Crippen molar-refractivity contribution in [2.24, 2.45) is 5.41 Å². The molecule has 1 rings (SSSR count). The lowest BCUT2D eigenvalue weighted by molar-refractivity contribution is -0.184. The van der Waals surface area contributed by atoms with Gasteiger partial charge in [0.2, 0.25) is 0 Å². The van der Waals surface area contributed by atoms with Crippen LogP contribution in [0.5, 0.6) is 0 Å². The predicted molar refractivity (Wildman–Crippen MR) is 25.7 cm³/mol. The van der Waals surface area contributed by atoms with E-state index in [9.17, 15) is 13.2 Å². The van der Waals surface area contributed by atoms with Crippen molar-refractivity contribution in [3.63, 3.8) is 0 Å². The predicted octanol–water partition coefficient (Wildman–Crippen LogP) is 1.61. The maximum absolute atomic E-state index is 11.8. The van der Waals surface area contributed by atoms with Crippen LogP contribution in [0.4, 0.5) is 13.2 Å². The van der Waals surface area contributed by atoms with Crippen molar-refractivity contribution in [1.29, 1.82) is 0 Å². The van der Waals surface area contributed by atoms with E-state index < -0.39 is 18.1 Å². The Labute approximate surface area is 51.0 Å². The monoisotopic (exact) mass is 138 g/mol. The molecular weight excluding hydrogens is 131 g/mol. The van der Waals surface area contributed by atoms with E-state index in [-0.39, 0.29) is 12.8 Å². The average molecular weight is 138 g/mol. The average Bonchev–Trinajstić information content (AvgIpc) is 2.40. The molecule has 0 unspecified atom stereocenters. The van der Waals surface area contributed by atoms with Crippen LogP contribution in [0.25, 0.3) is 0 Å². The third-order valence-electron chi connectivity index (χ3n) is 1.79. The van der Waals surface area contributed by atoms with Gasteiger partial charge in [0, 0.05) is 6.54 Å². The maximum Gasteiger partial charge on any atom is 0.395 e. The molecule has 1 aliphatic carbocycles. The first-order valence-electron chi connectivity index (χ1n) is 2.73. The number of alkyl halides is 3. The molecular formula is C5H7F3N. The highest BCUT2D eigenvalue weighted by Gasteiger charge is 2.62. The zero-order chi connectivity index (χ0) is 7.12. The third-order valence-corrected chi connectivity index (χ3v) is 1.79. The van der Waals surface area contributed by atoms with E-state index in [0.717, 1.165) is 0 Å². The number of nitrogens with one attached hydrogen (secondary N) is 1. The quantitative estimate of drug-likeness (QED) is 0.525. The van der Waals surface area contributed by atoms with Crippen molar-refractivity contribution in [1.82, 2.24) is 5.73 Å².